The summed E-state index contributed by atoms with van der Waals surface area (Å²) < 4.78 is 10.6. The van der Waals surface area contributed by atoms with Gasteiger partial charge < -0.3 is 19.4 Å². The topological polar surface area (TPSA) is 79.9 Å². The SMILES string of the molecule is CCCCCCCCCCOc1ccc2c(O)c(O)c(=O)oc2c1. The lowest BCUT2D eigenvalue weighted by molar-refractivity contribution is 0.304. The normalized spacial score (nSPS) is 11.0. The fourth-order valence-corrected chi connectivity index (χ4v) is 2.67. The number of rotatable bonds is 10. The van der Waals surface area contributed by atoms with E-state index in [1.807, 2.05) is 0 Å². The van der Waals surface area contributed by atoms with Gasteiger partial charge in [0.25, 0.3) is 0 Å². The van der Waals surface area contributed by atoms with E-state index < -0.39 is 17.1 Å². The van der Waals surface area contributed by atoms with Crippen LogP contribution in [-0.2, 0) is 0 Å². The van der Waals surface area contributed by atoms with Gasteiger partial charge in [-0.25, -0.2) is 4.79 Å². The molecule has 0 aliphatic carbocycles. The van der Waals surface area contributed by atoms with Crippen LogP contribution in [0.3, 0.4) is 0 Å². The molecule has 0 radical (unpaired) electrons. The van der Waals surface area contributed by atoms with Crippen molar-refractivity contribution in [2.45, 2.75) is 58.3 Å². The highest BCUT2D eigenvalue weighted by molar-refractivity contribution is 5.86. The Morgan fingerprint density at radius 3 is 2.33 bits per heavy atom. The van der Waals surface area contributed by atoms with E-state index in [4.69, 9.17) is 9.15 Å². The Hall–Kier alpha value is -2.17. The third-order valence-electron chi connectivity index (χ3n) is 4.10. The van der Waals surface area contributed by atoms with Crippen LogP contribution >= 0.6 is 0 Å². The first-order valence-electron chi connectivity index (χ1n) is 8.75. The van der Waals surface area contributed by atoms with Crippen LogP contribution in [0.1, 0.15) is 58.3 Å². The molecule has 0 bridgehead atoms. The highest BCUT2D eigenvalue weighted by Crippen LogP contribution is 2.32. The van der Waals surface area contributed by atoms with E-state index in [0.29, 0.717) is 12.4 Å². The van der Waals surface area contributed by atoms with Gasteiger partial charge in [0.1, 0.15) is 11.3 Å². The maximum atomic E-state index is 11.4. The molecule has 1 aromatic carbocycles. The molecule has 0 amide bonds. The predicted octanol–water partition coefficient (Wildman–Crippen LogP) is 4.72. The molecule has 2 N–H and O–H groups in total. The van der Waals surface area contributed by atoms with Crippen molar-refractivity contribution in [1.29, 1.82) is 0 Å². The zero-order valence-corrected chi connectivity index (χ0v) is 14.2. The second-order valence-electron chi connectivity index (χ2n) is 6.07. The van der Waals surface area contributed by atoms with Crippen LogP contribution in [0.4, 0.5) is 0 Å². The minimum Gasteiger partial charge on any atom is -0.504 e. The van der Waals surface area contributed by atoms with E-state index >= 15 is 0 Å². The molecule has 0 saturated carbocycles. The van der Waals surface area contributed by atoms with Gasteiger partial charge in [0, 0.05) is 6.07 Å². The van der Waals surface area contributed by atoms with Crippen LogP contribution in [0.5, 0.6) is 17.2 Å². The number of unbranched alkanes of at least 4 members (excludes halogenated alkanes) is 7. The van der Waals surface area contributed by atoms with Crippen molar-refractivity contribution in [3.8, 4) is 17.2 Å². The minimum atomic E-state index is -0.958. The molecule has 0 atom stereocenters. The number of hydrogen-bond donors (Lipinski definition) is 2. The average molecular weight is 334 g/mol. The maximum absolute atomic E-state index is 11.4. The van der Waals surface area contributed by atoms with Crippen LogP contribution in [0.25, 0.3) is 11.0 Å². The summed E-state index contributed by atoms with van der Waals surface area (Å²) >= 11 is 0. The number of fused-ring (bicyclic) bond motifs is 1. The summed E-state index contributed by atoms with van der Waals surface area (Å²) in [6.07, 6.45) is 9.88. The molecule has 2 rings (SSSR count). The number of benzene rings is 1. The standard InChI is InChI=1S/C19H26O5/c1-2-3-4-5-6-7-8-9-12-23-14-10-11-15-16(13-14)24-19(22)18(21)17(15)20/h10-11,13,20-21H,2-9,12H2,1H3. The van der Waals surface area contributed by atoms with Crippen molar-refractivity contribution in [3.05, 3.63) is 28.6 Å². The van der Waals surface area contributed by atoms with Crippen LogP contribution < -0.4 is 10.4 Å². The minimum absolute atomic E-state index is 0.198. The van der Waals surface area contributed by atoms with Gasteiger partial charge in [0.05, 0.1) is 12.0 Å². The lowest BCUT2D eigenvalue weighted by Crippen LogP contribution is -2.00. The third kappa shape index (κ3) is 4.91. The molecule has 132 valence electrons. The van der Waals surface area contributed by atoms with Crippen molar-refractivity contribution in [2.24, 2.45) is 0 Å². The Labute approximate surface area is 141 Å². The molecule has 5 nitrogen and oxygen atoms in total. The van der Waals surface area contributed by atoms with Gasteiger partial charge in [-0.3, -0.25) is 0 Å². The summed E-state index contributed by atoms with van der Waals surface area (Å²) in [6.45, 7) is 2.83. The van der Waals surface area contributed by atoms with Crippen molar-refractivity contribution < 1.29 is 19.4 Å². The second kappa shape index (κ2) is 9.21. The van der Waals surface area contributed by atoms with Gasteiger partial charge in [-0.15, -0.1) is 0 Å². The Kier molecular flexibility index (Phi) is 6.97. The van der Waals surface area contributed by atoms with Crippen molar-refractivity contribution >= 4 is 11.0 Å². The van der Waals surface area contributed by atoms with Gasteiger partial charge in [-0.2, -0.15) is 0 Å². The molecule has 24 heavy (non-hydrogen) atoms. The highest BCUT2D eigenvalue weighted by atomic mass is 16.5. The number of aromatic hydroxyl groups is 2. The largest absolute Gasteiger partial charge is 0.504 e. The Balaban J connectivity index is 1.77. The fourth-order valence-electron chi connectivity index (χ4n) is 2.67. The summed E-state index contributed by atoms with van der Waals surface area (Å²) in [6, 6.07) is 4.81. The first-order chi connectivity index (χ1) is 11.6. The molecule has 0 saturated heterocycles. The second-order valence-corrected chi connectivity index (χ2v) is 6.07. The van der Waals surface area contributed by atoms with Gasteiger partial charge in [-0.1, -0.05) is 51.9 Å². The fraction of sp³-hybridized carbons (Fsp3) is 0.526. The zero-order chi connectivity index (χ0) is 17.4. The molecular weight excluding hydrogens is 308 g/mol. The maximum Gasteiger partial charge on any atom is 0.382 e. The highest BCUT2D eigenvalue weighted by Gasteiger charge is 2.13. The molecule has 5 heteroatoms. The first kappa shape index (κ1) is 18.2. The monoisotopic (exact) mass is 334 g/mol. The van der Waals surface area contributed by atoms with Crippen LogP contribution in [0, 0.1) is 0 Å². The smallest absolute Gasteiger partial charge is 0.382 e. The average Bonchev–Trinajstić information content (AvgIpc) is 2.58. The third-order valence-corrected chi connectivity index (χ3v) is 4.10. The summed E-state index contributed by atoms with van der Waals surface area (Å²) in [5, 5.41) is 19.4. The molecule has 0 aliphatic heterocycles. The van der Waals surface area contributed by atoms with E-state index in [9.17, 15) is 15.0 Å². The molecular formula is C19H26O5. The Bertz CT molecular complexity index is 705. The lowest BCUT2D eigenvalue weighted by Gasteiger charge is -2.08. The van der Waals surface area contributed by atoms with Gasteiger partial charge in [0.2, 0.25) is 5.75 Å². The summed E-state index contributed by atoms with van der Waals surface area (Å²) in [5.74, 6) is -0.648. The molecule has 0 aliphatic rings. The van der Waals surface area contributed by atoms with Crippen LogP contribution in [0.2, 0.25) is 0 Å². The first-order valence-corrected chi connectivity index (χ1v) is 8.75. The summed E-state index contributed by atoms with van der Waals surface area (Å²) in [5.41, 5.74) is -0.760. The van der Waals surface area contributed by atoms with E-state index in [1.54, 1.807) is 18.2 Å². The van der Waals surface area contributed by atoms with E-state index in [1.165, 1.54) is 38.5 Å². The Morgan fingerprint density at radius 2 is 1.62 bits per heavy atom. The van der Waals surface area contributed by atoms with E-state index in [0.717, 1.165) is 12.8 Å². The number of ether oxygens (including phenoxy) is 1. The molecule has 0 unspecified atom stereocenters. The van der Waals surface area contributed by atoms with Crippen molar-refractivity contribution in [3.63, 3.8) is 0 Å². The number of hydrogen-bond acceptors (Lipinski definition) is 5. The molecule has 1 heterocycles. The molecule has 0 spiro atoms. The van der Waals surface area contributed by atoms with Crippen LogP contribution in [0.15, 0.2) is 27.4 Å². The summed E-state index contributed by atoms with van der Waals surface area (Å²) in [7, 11) is 0. The molecule has 0 fully saturated rings. The molecule has 1 aromatic heterocycles. The van der Waals surface area contributed by atoms with Crippen LogP contribution in [-0.4, -0.2) is 16.8 Å². The zero-order valence-electron chi connectivity index (χ0n) is 14.2. The predicted molar refractivity (Wildman–Crippen MR) is 93.9 cm³/mol. The van der Waals surface area contributed by atoms with E-state index in [2.05, 4.69) is 6.92 Å². The quantitative estimate of drug-likeness (QED) is 0.485. The van der Waals surface area contributed by atoms with Gasteiger partial charge in [0.15, 0.2) is 5.75 Å². The van der Waals surface area contributed by atoms with Gasteiger partial charge >= 0.3 is 5.63 Å². The van der Waals surface area contributed by atoms with Crippen molar-refractivity contribution in [1.82, 2.24) is 0 Å². The Morgan fingerprint density at radius 1 is 0.958 bits per heavy atom. The van der Waals surface area contributed by atoms with Gasteiger partial charge in [-0.05, 0) is 18.6 Å². The van der Waals surface area contributed by atoms with Crippen molar-refractivity contribution in [2.75, 3.05) is 6.61 Å². The molecule has 2 aromatic rings. The summed E-state index contributed by atoms with van der Waals surface area (Å²) in [4.78, 5) is 11.4. The van der Waals surface area contributed by atoms with E-state index in [-0.39, 0.29) is 11.0 Å². The lowest BCUT2D eigenvalue weighted by atomic mass is 10.1.